The summed E-state index contributed by atoms with van der Waals surface area (Å²) in [7, 11) is 0. The lowest BCUT2D eigenvalue weighted by atomic mass is 10.1. The molecule has 0 aliphatic carbocycles. The van der Waals surface area contributed by atoms with E-state index in [1.165, 1.54) is 10.4 Å². The van der Waals surface area contributed by atoms with E-state index in [1.54, 1.807) is 11.3 Å². The van der Waals surface area contributed by atoms with Gasteiger partial charge < -0.3 is 0 Å². The molecule has 2 rings (SSSR count). The molecule has 2 aromatic rings. The molecule has 2 heterocycles. The van der Waals surface area contributed by atoms with Crippen LogP contribution in [0.15, 0.2) is 35.8 Å². The molecule has 0 aliphatic heterocycles. The second-order valence-corrected chi connectivity index (χ2v) is 4.56. The first-order valence-electron chi connectivity index (χ1n) is 4.77. The first kappa shape index (κ1) is 9.41. The van der Waals surface area contributed by atoms with Crippen LogP contribution in [0.2, 0.25) is 0 Å². The molecule has 0 amide bonds. The zero-order valence-electron chi connectivity index (χ0n) is 8.40. The molecule has 0 saturated carbocycles. The lowest BCUT2D eigenvalue weighted by molar-refractivity contribution is 0.859. The van der Waals surface area contributed by atoms with Crippen LogP contribution in [0.4, 0.5) is 0 Å². The van der Waals surface area contributed by atoms with Crippen molar-refractivity contribution in [2.75, 3.05) is 0 Å². The van der Waals surface area contributed by atoms with Crippen molar-refractivity contribution in [3.63, 3.8) is 0 Å². The van der Waals surface area contributed by atoms with Crippen LogP contribution in [-0.2, 0) is 0 Å². The summed E-state index contributed by atoms with van der Waals surface area (Å²) in [5, 5.41) is 2.08. The number of aromatic nitrogens is 1. The zero-order chi connectivity index (χ0) is 9.97. The third-order valence-corrected chi connectivity index (χ3v) is 3.12. The summed E-state index contributed by atoms with van der Waals surface area (Å²) in [6.07, 6.45) is 1.97. The highest BCUT2D eigenvalue weighted by molar-refractivity contribution is 7.13. The van der Waals surface area contributed by atoms with Crippen LogP contribution in [0.3, 0.4) is 0 Å². The highest BCUT2D eigenvalue weighted by Gasteiger charge is 2.02. The Labute approximate surface area is 88.4 Å². The van der Waals surface area contributed by atoms with E-state index in [9.17, 15) is 0 Å². The van der Waals surface area contributed by atoms with Crippen LogP contribution in [0.5, 0.6) is 0 Å². The summed E-state index contributed by atoms with van der Waals surface area (Å²) in [6.45, 7) is 4.36. The lowest BCUT2D eigenvalue weighted by Crippen LogP contribution is -1.89. The van der Waals surface area contributed by atoms with Gasteiger partial charge in [0.05, 0.1) is 10.6 Å². The van der Waals surface area contributed by atoms with Gasteiger partial charge in [0, 0.05) is 6.20 Å². The van der Waals surface area contributed by atoms with Crippen LogP contribution in [-0.4, -0.2) is 4.98 Å². The Morgan fingerprint density at radius 3 is 2.57 bits per heavy atom. The van der Waals surface area contributed by atoms with Crippen molar-refractivity contribution < 1.29 is 0 Å². The molecule has 0 N–H and O–H groups in total. The number of thiophene rings is 1. The smallest absolute Gasteiger partial charge is 0.0801 e. The Hall–Kier alpha value is -1.15. The molecule has 0 unspecified atom stereocenters. The van der Waals surface area contributed by atoms with Crippen molar-refractivity contribution in [1.82, 2.24) is 4.98 Å². The summed E-state index contributed by atoms with van der Waals surface area (Å²) in [6, 6.07) is 8.41. The van der Waals surface area contributed by atoms with E-state index in [4.69, 9.17) is 0 Å². The van der Waals surface area contributed by atoms with Gasteiger partial charge in [-0.3, -0.25) is 4.98 Å². The predicted molar refractivity (Wildman–Crippen MR) is 61.6 cm³/mol. The molecule has 0 aliphatic rings. The largest absolute Gasteiger partial charge is 0.255 e. The molecular weight excluding hydrogens is 190 g/mol. The Kier molecular flexibility index (Phi) is 2.64. The van der Waals surface area contributed by atoms with Crippen molar-refractivity contribution in [1.29, 1.82) is 0 Å². The number of hydrogen-bond donors (Lipinski definition) is 0. The average Bonchev–Trinajstić information content (AvgIpc) is 2.71. The molecule has 2 aromatic heterocycles. The van der Waals surface area contributed by atoms with Gasteiger partial charge in [0.15, 0.2) is 0 Å². The van der Waals surface area contributed by atoms with Gasteiger partial charge in [0.1, 0.15) is 0 Å². The summed E-state index contributed by atoms with van der Waals surface area (Å²) in [4.78, 5) is 5.69. The lowest BCUT2D eigenvalue weighted by Gasteiger charge is -2.04. The summed E-state index contributed by atoms with van der Waals surface area (Å²) < 4.78 is 0. The number of pyridine rings is 1. The molecule has 0 aromatic carbocycles. The van der Waals surface area contributed by atoms with Gasteiger partial charge in [-0.2, -0.15) is 0 Å². The second kappa shape index (κ2) is 3.93. The molecular formula is C12H13NS. The molecule has 0 bridgehead atoms. The third kappa shape index (κ3) is 1.85. The highest BCUT2D eigenvalue weighted by Crippen LogP contribution is 2.23. The molecule has 0 radical (unpaired) electrons. The van der Waals surface area contributed by atoms with Crippen LogP contribution in [0.25, 0.3) is 10.6 Å². The maximum Gasteiger partial charge on any atom is 0.0801 e. The quantitative estimate of drug-likeness (QED) is 0.720. The van der Waals surface area contributed by atoms with E-state index < -0.39 is 0 Å². The molecule has 0 fully saturated rings. The van der Waals surface area contributed by atoms with E-state index in [2.05, 4.69) is 48.5 Å². The summed E-state index contributed by atoms with van der Waals surface area (Å²) >= 11 is 1.73. The van der Waals surface area contributed by atoms with Gasteiger partial charge in [0.25, 0.3) is 0 Å². The number of hydrogen-bond acceptors (Lipinski definition) is 2. The first-order chi connectivity index (χ1) is 6.77. The van der Waals surface area contributed by atoms with Crippen LogP contribution in [0.1, 0.15) is 25.3 Å². The number of nitrogens with zero attached hydrogens (tertiary/aromatic N) is 1. The normalized spacial score (nSPS) is 10.8. The van der Waals surface area contributed by atoms with Gasteiger partial charge in [-0.05, 0) is 29.0 Å². The standard InChI is InChI=1S/C12H13NS/c1-9(2)10-5-6-11(13-8-10)12-4-3-7-14-12/h3-9H,1-2H3. The van der Waals surface area contributed by atoms with E-state index in [0.717, 1.165) is 5.69 Å². The molecule has 72 valence electrons. The van der Waals surface area contributed by atoms with E-state index in [-0.39, 0.29) is 0 Å². The van der Waals surface area contributed by atoms with Crippen molar-refractivity contribution in [2.24, 2.45) is 0 Å². The summed E-state index contributed by atoms with van der Waals surface area (Å²) in [5.41, 5.74) is 2.37. The zero-order valence-corrected chi connectivity index (χ0v) is 9.21. The van der Waals surface area contributed by atoms with E-state index >= 15 is 0 Å². The minimum atomic E-state index is 0.555. The van der Waals surface area contributed by atoms with Crippen LogP contribution in [0, 0.1) is 0 Å². The van der Waals surface area contributed by atoms with Crippen LogP contribution >= 0.6 is 11.3 Å². The van der Waals surface area contributed by atoms with E-state index in [0.29, 0.717) is 5.92 Å². The maximum absolute atomic E-state index is 4.45. The molecule has 0 saturated heterocycles. The fraction of sp³-hybridized carbons (Fsp3) is 0.250. The predicted octanol–water partition coefficient (Wildman–Crippen LogP) is 3.93. The Morgan fingerprint density at radius 1 is 1.21 bits per heavy atom. The Balaban J connectivity index is 2.31. The first-order valence-corrected chi connectivity index (χ1v) is 5.65. The van der Waals surface area contributed by atoms with Gasteiger partial charge in [-0.15, -0.1) is 11.3 Å². The van der Waals surface area contributed by atoms with Crippen molar-refractivity contribution >= 4 is 11.3 Å². The minimum absolute atomic E-state index is 0.555. The fourth-order valence-electron chi connectivity index (χ4n) is 1.32. The van der Waals surface area contributed by atoms with Gasteiger partial charge >= 0.3 is 0 Å². The van der Waals surface area contributed by atoms with Gasteiger partial charge in [0.2, 0.25) is 0 Å². The van der Waals surface area contributed by atoms with Crippen molar-refractivity contribution in [3.05, 3.63) is 41.4 Å². The van der Waals surface area contributed by atoms with Crippen molar-refractivity contribution in [3.8, 4) is 10.6 Å². The number of rotatable bonds is 2. The molecule has 0 spiro atoms. The fourth-order valence-corrected chi connectivity index (χ4v) is 2.02. The average molecular weight is 203 g/mol. The van der Waals surface area contributed by atoms with E-state index in [1.807, 2.05) is 6.20 Å². The summed E-state index contributed by atoms with van der Waals surface area (Å²) in [5.74, 6) is 0.555. The Morgan fingerprint density at radius 2 is 2.07 bits per heavy atom. The molecule has 1 nitrogen and oxygen atoms in total. The van der Waals surface area contributed by atoms with Gasteiger partial charge in [-0.1, -0.05) is 26.0 Å². The minimum Gasteiger partial charge on any atom is -0.255 e. The molecule has 14 heavy (non-hydrogen) atoms. The maximum atomic E-state index is 4.45. The Bertz CT molecular complexity index is 387. The topological polar surface area (TPSA) is 12.9 Å². The third-order valence-electron chi connectivity index (χ3n) is 2.23. The van der Waals surface area contributed by atoms with Crippen LogP contribution < -0.4 is 0 Å². The van der Waals surface area contributed by atoms with Crippen molar-refractivity contribution in [2.45, 2.75) is 19.8 Å². The molecule has 2 heteroatoms. The second-order valence-electron chi connectivity index (χ2n) is 3.61. The monoisotopic (exact) mass is 203 g/mol. The highest BCUT2D eigenvalue weighted by atomic mass is 32.1. The van der Waals surface area contributed by atoms with Gasteiger partial charge in [-0.25, -0.2) is 0 Å². The SMILES string of the molecule is CC(C)c1ccc(-c2cccs2)nc1. The molecule has 0 atom stereocenters.